The third kappa shape index (κ3) is 4.34. The van der Waals surface area contributed by atoms with E-state index in [4.69, 9.17) is 10.2 Å². The van der Waals surface area contributed by atoms with Gasteiger partial charge in [0.05, 0.1) is 27.6 Å². The van der Waals surface area contributed by atoms with Crippen LogP contribution in [0.1, 0.15) is 69.8 Å². The van der Waals surface area contributed by atoms with E-state index in [0.717, 1.165) is 42.9 Å². The maximum absolute atomic E-state index is 15.1. The van der Waals surface area contributed by atoms with E-state index in [9.17, 15) is 8.42 Å². The van der Waals surface area contributed by atoms with Crippen molar-refractivity contribution in [2.45, 2.75) is 75.0 Å². The maximum Gasteiger partial charge on any atom is 0.375 e. The Balaban J connectivity index is 1.77. The molecule has 1 saturated carbocycles. The summed E-state index contributed by atoms with van der Waals surface area (Å²) in [5.74, 6) is 1.35. The Morgan fingerprint density at radius 2 is 1.71 bits per heavy atom. The van der Waals surface area contributed by atoms with Crippen molar-refractivity contribution in [1.82, 2.24) is 9.55 Å². The molecule has 0 saturated heterocycles. The van der Waals surface area contributed by atoms with Crippen LogP contribution in [0, 0.1) is 17.2 Å². The molecule has 34 heavy (non-hydrogen) atoms. The summed E-state index contributed by atoms with van der Waals surface area (Å²) in [5.41, 5.74) is 0.369. The normalized spacial score (nSPS) is 16.0. The fraction of sp³-hybridized carbons (Fsp3) is 0.462. The Morgan fingerprint density at radius 1 is 1.06 bits per heavy atom. The lowest BCUT2D eigenvalue weighted by atomic mass is 9.88. The molecule has 5 nitrogen and oxygen atoms in total. The lowest BCUT2D eigenvalue weighted by Gasteiger charge is -2.26. The van der Waals surface area contributed by atoms with E-state index in [1.165, 1.54) is 43.5 Å². The lowest BCUT2D eigenvalue weighted by molar-refractivity contribution is 0.0906. The van der Waals surface area contributed by atoms with Gasteiger partial charge >= 0.3 is 5.25 Å². The Hall–Kier alpha value is -2.79. The van der Waals surface area contributed by atoms with Crippen LogP contribution in [0.25, 0.3) is 11.0 Å². The zero-order valence-corrected chi connectivity index (χ0v) is 20.5. The third-order valence-corrected chi connectivity index (χ3v) is 8.34. The number of rotatable bonds is 5. The number of halogens is 2. The monoisotopic (exact) mass is 485 g/mol. The summed E-state index contributed by atoms with van der Waals surface area (Å²) in [7, 11) is -5.03. The summed E-state index contributed by atoms with van der Waals surface area (Å²) < 4.78 is 58.4. The van der Waals surface area contributed by atoms with Crippen LogP contribution in [0.4, 0.5) is 8.78 Å². The van der Waals surface area contributed by atoms with Crippen molar-refractivity contribution in [1.29, 1.82) is 5.26 Å². The van der Waals surface area contributed by atoms with Gasteiger partial charge in [0, 0.05) is 17.5 Å². The Bertz CT molecular complexity index is 1340. The summed E-state index contributed by atoms with van der Waals surface area (Å²) >= 11 is 0. The average molecular weight is 486 g/mol. The van der Waals surface area contributed by atoms with Crippen molar-refractivity contribution < 1.29 is 17.2 Å². The van der Waals surface area contributed by atoms with Crippen LogP contribution in [-0.4, -0.2) is 18.0 Å². The molecular weight excluding hydrogens is 456 g/mol. The number of hydrogen-bond acceptors (Lipinski definition) is 4. The molecule has 0 spiro atoms. The van der Waals surface area contributed by atoms with Crippen LogP contribution >= 0.6 is 0 Å². The van der Waals surface area contributed by atoms with Crippen molar-refractivity contribution in [2.24, 2.45) is 5.92 Å². The van der Waals surface area contributed by atoms with Crippen LogP contribution in [0.3, 0.4) is 0 Å². The molecule has 2 aromatic carbocycles. The number of nitrogens with zero attached hydrogens (tertiary/aromatic N) is 3. The van der Waals surface area contributed by atoms with Crippen LogP contribution < -0.4 is 0 Å². The van der Waals surface area contributed by atoms with Crippen LogP contribution in [0.5, 0.6) is 0 Å². The van der Waals surface area contributed by atoms with Gasteiger partial charge in [-0.3, -0.25) is 0 Å². The molecule has 8 heteroatoms. The number of benzene rings is 2. The topological polar surface area (TPSA) is 75.8 Å². The summed E-state index contributed by atoms with van der Waals surface area (Å²) in [6, 6.07) is 10.3. The quantitative estimate of drug-likeness (QED) is 0.424. The van der Waals surface area contributed by atoms with Gasteiger partial charge in [-0.15, -0.1) is 0 Å². The van der Waals surface area contributed by atoms with Crippen molar-refractivity contribution >= 4 is 20.9 Å². The van der Waals surface area contributed by atoms with Crippen molar-refractivity contribution in [3.63, 3.8) is 0 Å². The van der Waals surface area contributed by atoms with Gasteiger partial charge in [-0.1, -0.05) is 52.2 Å². The van der Waals surface area contributed by atoms with Gasteiger partial charge < -0.3 is 4.57 Å². The second kappa shape index (κ2) is 8.77. The fourth-order valence-electron chi connectivity index (χ4n) is 4.70. The van der Waals surface area contributed by atoms with Gasteiger partial charge in [0.15, 0.2) is 0 Å². The minimum atomic E-state index is -5.03. The standard InChI is InChI=1S/C26H29F2N3O2S/c1-25(2,3)24-30-22-15-21(13-14-23(22)31(24)17-19-7-5-4-6-8-19)34(32,33)26(27,28)20-11-9-18(16-29)10-12-20/h9-15,19H,4-8,17H2,1-3H3. The predicted octanol–water partition coefficient (Wildman–Crippen LogP) is 6.31. The number of hydrogen-bond donors (Lipinski definition) is 0. The second-order valence-corrected chi connectivity index (χ2v) is 12.2. The van der Waals surface area contributed by atoms with E-state index in [1.807, 2.05) is 26.8 Å². The van der Waals surface area contributed by atoms with Gasteiger partial charge in [-0.2, -0.15) is 14.0 Å². The van der Waals surface area contributed by atoms with E-state index in [0.29, 0.717) is 11.4 Å². The molecule has 0 radical (unpaired) electrons. The SMILES string of the molecule is CC(C)(C)c1nc2cc(S(=O)(=O)C(F)(F)c3ccc(C#N)cc3)ccc2n1CC1CCCCC1. The first-order valence-electron chi connectivity index (χ1n) is 11.6. The zero-order valence-electron chi connectivity index (χ0n) is 19.7. The first-order chi connectivity index (χ1) is 15.9. The molecular formula is C26H29F2N3O2S. The van der Waals surface area contributed by atoms with E-state index in [2.05, 4.69) is 4.57 Å². The van der Waals surface area contributed by atoms with Crippen LogP contribution in [-0.2, 0) is 27.1 Å². The van der Waals surface area contributed by atoms with E-state index in [1.54, 1.807) is 6.07 Å². The molecule has 3 aromatic rings. The summed E-state index contributed by atoms with van der Waals surface area (Å²) in [4.78, 5) is 4.24. The minimum Gasteiger partial charge on any atom is -0.327 e. The van der Waals surface area contributed by atoms with Gasteiger partial charge in [0.2, 0.25) is 9.84 Å². The van der Waals surface area contributed by atoms with E-state index in [-0.39, 0.29) is 11.0 Å². The first kappa shape index (κ1) is 24.3. The number of sulfone groups is 1. The fourth-order valence-corrected chi connectivity index (χ4v) is 5.96. The summed E-state index contributed by atoms with van der Waals surface area (Å²) in [6.07, 6.45) is 5.95. The van der Waals surface area contributed by atoms with Crippen molar-refractivity contribution in [2.75, 3.05) is 0 Å². The van der Waals surface area contributed by atoms with Crippen LogP contribution in [0.2, 0.25) is 0 Å². The maximum atomic E-state index is 15.1. The Morgan fingerprint density at radius 3 is 2.29 bits per heavy atom. The average Bonchev–Trinajstić information content (AvgIpc) is 3.18. The summed E-state index contributed by atoms with van der Waals surface area (Å²) in [6.45, 7) is 6.92. The minimum absolute atomic E-state index is 0.177. The Labute approximate surface area is 199 Å². The van der Waals surface area contributed by atoms with Crippen LogP contribution in [0.15, 0.2) is 47.4 Å². The molecule has 4 rings (SSSR count). The highest BCUT2D eigenvalue weighted by Crippen LogP contribution is 2.40. The molecule has 1 aliphatic carbocycles. The smallest absolute Gasteiger partial charge is 0.327 e. The molecule has 1 fully saturated rings. The molecule has 0 unspecified atom stereocenters. The van der Waals surface area contributed by atoms with E-state index < -0.39 is 25.6 Å². The lowest BCUT2D eigenvalue weighted by Crippen LogP contribution is -2.26. The largest absolute Gasteiger partial charge is 0.375 e. The molecule has 1 aromatic heterocycles. The highest BCUT2D eigenvalue weighted by atomic mass is 32.2. The molecule has 1 heterocycles. The molecule has 0 amide bonds. The number of imidazole rings is 1. The molecule has 0 atom stereocenters. The molecule has 180 valence electrons. The first-order valence-corrected chi connectivity index (χ1v) is 13.1. The van der Waals surface area contributed by atoms with Crippen molar-refractivity contribution in [3.8, 4) is 6.07 Å². The van der Waals surface area contributed by atoms with Gasteiger partial charge in [-0.05, 0) is 49.1 Å². The number of alkyl halides is 2. The van der Waals surface area contributed by atoms with Crippen molar-refractivity contribution in [3.05, 3.63) is 59.4 Å². The highest BCUT2D eigenvalue weighted by molar-refractivity contribution is 7.92. The van der Waals surface area contributed by atoms with Gasteiger partial charge in [0.1, 0.15) is 5.82 Å². The molecule has 0 N–H and O–H groups in total. The predicted molar refractivity (Wildman–Crippen MR) is 127 cm³/mol. The second-order valence-electron chi connectivity index (χ2n) is 10.2. The zero-order chi connectivity index (χ0) is 24.7. The highest BCUT2D eigenvalue weighted by Gasteiger charge is 2.48. The number of fused-ring (bicyclic) bond motifs is 1. The summed E-state index contributed by atoms with van der Waals surface area (Å²) in [5, 5.41) is 4.74. The number of aromatic nitrogens is 2. The number of nitriles is 1. The van der Waals surface area contributed by atoms with Gasteiger partial charge in [-0.25, -0.2) is 13.4 Å². The molecule has 1 aliphatic rings. The molecule has 0 aliphatic heterocycles. The third-order valence-electron chi connectivity index (χ3n) is 6.55. The molecule has 0 bridgehead atoms. The van der Waals surface area contributed by atoms with E-state index >= 15 is 8.78 Å². The van der Waals surface area contributed by atoms with Gasteiger partial charge in [0.25, 0.3) is 0 Å². The Kier molecular flexibility index (Phi) is 6.28.